The molecule has 0 saturated heterocycles. The molecule has 0 aliphatic carbocycles. The van der Waals surface area contributed by atoms with Gasteiger partial charge in [0.25, 0.3) is 0 Å². The molecular weight excluding hydrogens is 182 g/mol. The molecule has 0 aliphatic rings. The summed E-state index contributed by atoms with van der Waals surface area (Å²) in [6.45, 7) is 8.40. The van der Waals surface area contributed by atoms with Crippen LogP contribution in [-0.2, 0) is 0 Å². The molecule has 84 valence electrons. The molecule has 0 amide bonds. The lowest BCUT2D eigenvalue weighted by Gasteiger charge is -2.20. The number of nitrogens with zero attached hydrogens (tertiary/aromatic N) is 1. The molecule has 1 atom stereocenters. The summed E-state index contributed by atoms with van der Waals surface area (Å²) < 4.78 is 0. The topological polar surface area (TPSA) is 23.8 Å². The normalized spacial score (nSPS) is 14.6. The Morgan fingerprint density at radius 1 is 1.33 bits per heavy atom. The van der Waals surface area contributed by atoms with Gasteiger partial charge >= 0.3 is 0 Å². The molecule has 0 radical (unpaired) electrons. The molecule has 1 unspecified atom stereocenters. The third-order valence-electron chi connectivity index (χ3n) is 2.47. The van der Waals surface area contributed by atoms with Gasteiger partial charge in [0.2, 0.25) is 0 Å². The van der Waals surface area contributed by atoms with E-state index in [-0.39, 0.29) is 5.41 Å². The van der Waals surface area contributed by atoms with E-state index in [0.717, 1.165) is 25.7 Å². The minimum Gasteiger partial charge on any atom is -0.197 e. The van der Waals surface area contributed by atoms with Gasteiger partial charge in [-0.3, -0.25) is 0 Å². The molecule has 15 heavy (non-hydrogen) atoms. The van der Waals surface area contributed by atoms with Crippen LogP contribution in [-0.4, -0.2) is 0 Å². The molecule has 0 bridgehead atoms. The first-order valence-electron chi connectivity index (χ1n) is 5.82. The molecule has 0 aromatic heterocycles. The zero-order chi connectivity index (χ0) is 11.7. The van der Waals surface area contributed by atoms with Crippen LogP contribution in [0.2, 0.25) is 0 Å². The summed E-state index contributed by atoms with van der Waals surface area (Å²) in [5, 5.41) is 9.32. The molecule has 0 aromatic carbocycles. The van der Waals surface area contributed by atoms with Crippen molar-refractivity contribution in [2.45, 2.75) is 53.4 Å². The van der Waals surface area contributed by atoms with Crippen molar-refractivity contribution in [2.75, 3.05) is 0 Å². The molecule has 0 spiro atoms. The fourth-order valence-electron chi connectivity index (χ4n) is 1.57. The molecule has 0 rings (SSSR count). The van der Waals surface area contributed by atoms with Gasteiger partial charge in [-0.1, -0.05) is 44.1 Å². The van der Waals surface area contributed by atoms with Gasteiger partial charge in [-0.2, -0.15) is 5.26 Å². The first kappa shape index (κ1) is 14.0. The van der Waals surface area contributed by atoms with Crippen molar-refractivity contribution < 1.29 is 0 Å². The van der Waals surface area contributed by atoms with E-state index in [4.69, 9.17) is 0 Å². The Balaban J connectivity index is 4.74. The number of allylic oxidation sites excluding steroid dienone is 4. The molecule has 0 saturated carbocycles. The van der Waals surface area contributed by atoms with E-state index < -0.39 is 0 Å². The maximum Gasteiger partial charge on any atom is 0.0787 e. The SMILES string of the molecule is CCC=CC(C#N)(CC=C(C)C)CCC. The number of hydrogen-bond donors (Lipinski definition) is 0. The van der Waals surface area contributed by atoms with Gasteiger partial charge in [-0.25, -0.2) is 0 Å². The second-order valence-electron chi connectivity index (χ2n) is 4.31. The minimum atomic E-state index is -0.276. The van der Waals surface area contributed by atoms with E-state index in [1.54, 1.807) is 0 Å². The fraction of sp³-hybridized carbons (Fsp3) is 0.643. The van der Waals surface area contributed by atoms with Crippen molar-refractivity contribution in [3.8, 4) is 6.07 Å². The highest BCUT2D eigenvalue weighted by molar-refractivity contribution is 5.16. The predicted octanol–water partition coefficient (Wildman–Crippen LogP) is 4.62. The van der Waals surface area contributed by atoms with Gasteiger partial charge < -0.3 is 0 Å². The van der Waals surface area contributed by atoms with Crippen LogP contribution >= 0.6 is 0 Å². The van der Waals surface area contributed by atoms with Gasteiger partial charge in [0.05, 0.1) is 11.5 Å². The third-order valence-corrected chi connectivity index (χ3v) is 2.47. The second-order valence-corrected chi connectivity index (χ2v) is 4.31. The summed E-state index contributed by atoms with van der Waals surface area (Å²) in [6.07, 6.45) is 10.2. The van der Waals surface area contributed by atoms with Crippen molar-refractivity contribution in [2.24, 2.45) is 5.41 Å². The lowest BCUT2D eigenvalue weighted by Crippen LogP contribution is -2.14. The largest absolute Gasteiger partial charge is 0.197 e. The number of rotatable bonds is 6. The summed E-state index contributed by atoms with van der Waals surface area (Å²) in [7, 11) is 0. The van der Waals surface area contributed by atoms with Crippen LogP contribution in [0.4, 0.5) is 0 Å². The quantitative estimate of drug-likeness (QED) is 0.580. The number of nitriles is 1. The first-order chi connectivity index (χ1) is 7.10. The Morgan fingerprint density at radius 3 is 2.40 bits per heavy atom. The van der Waals surface area contributed by atoms with Crippen LogP contribution in [0.3, 0.4) is 0 Å². The molecule has 0 aliphatic heterocycles. The molecule has 1 nitrogen and oxygen atoms in total. The van der Waals surface area contributed by atoms with Crippen LogP contribution < -0.4 is 0 Å². The summed E-state index contributed by atoms with van der Waals surface area (Å²) in [4.78, 5) is 0. The third kappa shape index (κ3) is 5.42. The van der Waals surface area contributed by atoms with Crippen LogP contribution in [0, 0.1) is 16.7 Å². The number of hydrogen-bond acceptors (Lipinski definition) is 1. The van der Waals surface area contributed by atoms with E-state index in [9.17, 15) is 5.26 Å². The molecule has 0 N–H and O–H groups in total. The molecule has 0 aromatic rings. The summed E-state index contributed by atoms with van der Waals surface area (Å²) in [5.74, 6) is 0. The predicted molar refractivity (Wildman–Crippen MR) is 66.4 cm³/mol. The van der Waals surface area contributed by atoms with E-state index >= 15 is 0 Å². The van der Waals surface area contributed by atoms with Crippen molar-refractivity contribution >= 4 is 0 Å². The summed E-state index contributed by atoms with van der Waals surface area (Å²) >= 11 is 0. The Labute approximate surface area is 94.5 Å². The lowest BCUT2D eigenvalue weighted by atomic mass is 9.80. The van der Waals surface area contributed by atoms with Gasteiger partial charge in [0.1, 0.15) is 0 Å². The second kappa shape index (κ2) is 7.29. The summed E-state index contributed by atoms with van der Waals surface area (Å²) in [6, 6.07) is 2.48. The average Bonchev–Trinajstić information content (AvgIpc) is 2.22. The molecule has 0 heterocycles. The molecule has 1 heteroatoms. The Morgan fingerprint density at radius 2 is 2.00 bits per heavy atom. The van der Waals surface area contributed by atoms with Crippen molar-refractivity contribution in [1.82, 2.24) is 0 Å². The van der Waals surface area contributed by atoms with Crippen LogP contribution in [0.15, 0.2) is 23.8 Å². The van der Waals surface area contributed by atoms with Gasteiger partial charge in [-0.05, 0) is 33.1 Å². The zero-order valence-corrected chi connectivity index (χ0v) is 10.5. The van der Waals surface area contributed by atoms with Crippen LogP contribution in [0.1, 0.15) is 53.4 Å². The standard InChI is InChI=1S/C14H23N/c1-5-7-10-14(12-15,9-6-2)11-8-13(3)4/h7-8,10H,5-6,9,11H2,1-4H3. The Kier molecular flexibility index (Phi) is 6.79. The highest BCUT2D eigenvalue weighted by atomic mass is 14.3. The summed E-state index contributed by atoms with van der Waals surface area (Å²) in [5.41, 5.74) is 1.01. The maximum absolute atomic E-state index is 9.32. The van der Waals surface area contributed by atoms with E-state index in [1.807, 2.05) is 0 Å². The van der Waals surface area contributed by atoms with Gasteiger partial charge in [0, 0.05) is 0 Å². The van der Waals surface area contributed by atoms with Gasteiger partial charge in [0.15, 0.2) is 0 Å². The van der Waals surface area contributed by atoms with Crippen molar-refractivity contribution in [3.05, 3.63) is 23.8 Å². The average molecular weight is 205 g/mol. The molecule has 0 fully saturated rings. The van der Waals surface area contributed by atoms with E-state index in [0.29, 0.717) is 0 Å². The van der Waals surface area contributed by atoms with Crippen molar-refractivity contribution in [1.29, 1.82) is 5.26 Å². The maximum atomic E-state index is 9.32. The lowest BCUT2D eigenvalue weighted by molar-refractivity contribution is 0.461. The van der Waals surface area contributed by atoms with Crippen LogP contribution in [0.5, 0.6) is 0 Å². The zero-order valence-electron chi connectivity index (χ0n) is 10.5. The Bertz CT molecular complexity index is 264. The smallest absolute Gasteiger partial charge is 0.0787 e. The minimum absolute atomic E-state index is 0.276. The van der Waals surface area contributed by atoms with Crippen LogP contribution in [0.25, 0.3) is 0 Å². The highest BCUT2D eigenvalue weighted by Gasteiger charge is 2.23. The molecular formula is C14H23N. The van der Waals surface area contributed by atoms with Crippen molar-refractivity contribution in [3.63, 3.8) is 0 Å². The highest BCUT2D eigenvalue weighted by Crippen LogP contribution is 2.30. The van der Waals surface area contributed by atoms with Gasteiger partial charge in [-0.15, -0.1) is 0 Å². The fourth-order valence-corrected chi connectivity index (χ4v) is 1.57. The van der Waals surface area contributed by atoms with E-state index in [1.165, 1.54) is 5.57 Å². The first-order valence-corrected chi connectivity index (χ1v) is 5.82. The Hall–Kier alpha value is -1.03. The van der Waals surface area contributed by atoms with E-state index in [2.05, 4.69) is 52.0 Å². The monoisotopic (exact) mass is 205 g/mol.